The van der Waals surface area contributed by atoms with Crippen molar-refractivity contribution in [3.63, 3.8) is 0 Å². The van der Waals surface area contributed by atoms with Crippen LogP contribution in [0.2, 0.25) is 0 Å². The third kappa shape index (κ3) is 3.93. The molecule has 1 aromatic carbocycles. The van der Waals surface area contributed by atoms with Gasteiger partial charge in [-0.2, -0.15) is 0 Å². The van der Waals surface area contributed by atoms with Gasteiger partial charge in [0.15, 0.2) is 0 Å². The Morgan fingerprint density at radius 3 is 2.38 bits per heavy atom. The molecule has 0 spiro atoms. The van der Waals surface area contributed by atoms with Crippen molar-refractivity contribution in [1.82, 2.24) is 4.98 Å². The van der Waals surface area contributed by atoms with Gasteiger partial charge in [-0.3, -0.25) is 4.98 Å². The highest BCUT2D eigenvalue weighted by Crippen LogP contribution is 2.15. The van der Waals surface area contributed by atoms with Crippen LogP contribution in [0.4, 0.5) is 16.2 Å². The lowest BCUT2D eigenvalue weighted by Gasteiger charge is -2.08. The predicted octanol–water partition coefficient (Wildman–Crippen LogP) is 2.43. The van der Waals surface area contributed by atoms with Crippen molar-refractivity contribution in [3.8, 4) is 5.75 Å². The summed E-state index contributed by atoms with van der Waals surface area (Å²) >= 11 is 0. The first-order valence-electron chi connectivity index (χ1n) is 5.99. The van der Waals surface area contributed by atoms with Crippen molar-refractivity contribution in [2.24, 2.45) is 0 Å². The van der Waals surface area contributed by atoms with E-state index < -0.39 is 12.0 Å². The Kier molecular flexibility index (Phi) is 4.35. The highest BCUT2D eigenvalue weighted by Gasteiger charge is 2.07. The maximum Gasteiger partial charge on any atom is 0.337 e. The molecule has 21 heavy (non-hydrogen) atoms. The number of ether oxygens (including phenoxy) is 1. The molecule has 3 N–H and O–H groups in total. The van der Waals surface area contributed by atoms with Crippen LogP contribution < -0.4 is 15.4 Å². The SMILES string of the molecule is COc1ccc(NC(=O)Nc2cncc(C(=O)O)c2)cc1. The number of anilines is 2. The molecule has 0 aliphatic rings. The maximum atomic E-state index is 11.8. The van der Waals surface area contributed by atoms with Crippen molar-refractivity contribution in [1.29, 1.82) is 0 Å². The first kappa shape index (κ1) is 14.3. The van der Waals surface area contributed by atoms with Gasteiger partial charge < -0.3 is 20.5 Å². The van der Waals surface area contributed by atoms with Crippen molar-refractivity contribution >= 4 is 23.4 Å². The average Bonchev–Trinajstić information content (AvgIpc) is 2.48. The third-order valence-electron chi connectivity index (χ3n) is 2.59. The fourth-order valence-corrected chi connectivity index (χ4v) is 1.59. The molecule has 0 aliphatic carbocycles. The smallest absolute Gasteiger partial charge is 0.337 e. The van der Waals surface area contributed by atoms with Gasteiger partial charge in [0, 0.05) is 11.9 Å². The van der Waals surface area contributed by atoms with Gasteiger partial charge in [-0.25, -0.2) is 9.59 Å². The van der Waals surface area contributed by atoms with E-state index in [-0.39, 0.29) is 5.56 Å². The summed E-state index contributed by atoms with van der Waals surface area (Å²) in [6.07, 6.45) is 2.56. The molecule has 7 nitrogen and oxygen atoms in total. The standard InChI is InChI=1S/C14H13N3O4/c1-21-12-4-2-10(3-5-12)16-14(20)17-11-6-9(13(18)19)7-15-8-11/h2-8H,1H3,(H,18,19)(H2,16,17,20). The van der Waals surface area contributed by atoms with Gasteiger partial charge in [0.2, 0.25) is 0 Å². The number of benzene rings is 1. The van der Waals surface area contributed by atoms with E-state index in [1.807, 2.05) is 0 Å². The number of amides is 2. The minimum absolute atomic E-state index is 0.00255. The summed E-state index contributed by atoms with van der Waals surface area (Å²) in [5.41, 5.74) is 0.869. The number of rotatable bonds is 4. The van der Waals surface area contributed by atoms with E-state index in [2.05, 4.69) is 15.6 Å². The van der Waals surface area contributed by atoms with Gasteiger partial charge in [-0.1, -0.05) is 0 Å². The zero-order chi connectivity index (χ0) is 15.2. The van der Waals surface area contributed by atoms with Crippen molar-refractivity contribution < 1.29 is 19.4 Å². The van der Waals surface area contributed by atoms with Crippen LogP contribution in [-0.2, 0) is 0 Å². The molecule has 1 aromatic heterocycles. The van der Waals surface area contributed by atoms with Gasteiger partial charge in [-0.05, 0) is 30.3 Å². The summed E-state index contributed by atoms with van der Waals surface area (Å²) in [6, 6.07) is 7.62. The van der Waals surface area contributed by atoms with Gasteiger partial charge in [-0.15, -0.1) is 0 Å². The molecule has 2 rings (SSSR count). The predicted molar refractivity (Wildman–Crippen MR) is 76.8 cm³/mol. The van der Waals surface area contributed by atoms with Gasteiger partial charge in [0.05, 0.1) is 24.6 Å². The number of methoxy groups -OCH3 is 1. The van der Waals surface area contributed by atoms with Gasteiger partial charge in [0.1, 0.15) is 5.75 Å². The van der Waals surface area contributed by atoms with E-state index in [1.165, 1.54) is 18.5 Å². The number of aromatic nitrogens is 1. The summed E-state index contributed by atoms with van der Waals surface area (Å²) in [7, 11) is 1.55. The highest BCUT2D eigenvalue weighted by atomic mass is 16.5. The number of hydrogen-bond donors (Lipinski definition) is 3. The third-order valence-corrected chi connectivity index (χ3v) is 2.59. The maximum absolute atomic E-state index is 11.8. The zero-order valence-electron chi connectivity index (χ0n) is 11.2. The number of carboxylic acid groups (broad SMARTS) is 1. The molecule has 108 valence electrons. The quantitative estimate of drug-likeness (QED) is 0.801. The first-order chi connectivity index (χ1) is 10.1. The second-order valence-electron chi connectivity index (χ2n) is 4.08. The van der Waals surface area contributed by atoms with E-state index in [0.717, 1.165) is 0 Å². The van der Waals surface area contributed by atoms with Crippen LogP contribution in [0, 0.1) is 0 Å². The molecular formula is C14H13N3O4. The number of pyridine rings is 1. The largest absolute Gasteiger partial charge is 0.497 e. The highest BCUT2D eigenvalue weighted by molar-refractivity contribution is 6.00. The number of urea groups is 1. The Bertz CT molecular complexity index is 656. The number of hydrogen-bond acceptors (Lipinski definition) is 4. The van der Waals surface area contributed by atoms with Crippen LogP contribution in [0.3, 0.4) is 0 Å². The molecule has 7 heteroatoms. The molecule has 0 aliphatic heterocycles. The van der Waals surface area contributed by atoms with Crippen LogP contribution in [0.15, 0.2) is 42.7 Å². The van der Waals surface area contributed by atoms with E-state index >= 15 is 0 Å². The summed E-state index contributed by atoms with van der Waals surface area (Å²) in [5, 5.41) is 14.0. The number of aromatic carboxylic acids is 1. The van der Waals surface area contributed by atoms with E-state index in [4.69, 9.17) is 9.84 Å². The monoisotopic (exact) mass is 287 g/mol. The molecule has 2 aromatic rings. The topological polar surface area (TPSA) is 101 Å². The van der Waals surface area contributed by atoms with E-state index in [0.29, 0.717) is 17.1 Å². The average molecular weight is 287 g/mol. The summed E-state index contributed by atoms with van der Waals surface area (Å²) in [5.74, 6) is -0.430. The summed E-state index contributed by atoms with van der Waals surface area (Å²) < 4.78 is 5.01. The fraction of sp³-hybridized carbons (Fsp3) is 0.0714. The second kappa shape index (κ2) is 6.38. The lowest BCUT2D eigenvalue weighted by Crippen LogP contribution is -2.19. The lowest BCUT2D eigenvalue weighted by atomic mass is 10.2. The van der Waals surface area contributed by atoms with Crippen LogP contribution in [0.5, 0.6) is 5.75 Å². The van der Waals surface area contributed by atoms with Gasteiger partial charge >= 0.3 is 12.0 Å². The molecule has 0 fully saturated rings. The molecular weight excluding hydrogens is 274 g/mol. The zero-order valence-corrected chi connectivity index (χ0v) is 11.2. The second-order valence-corrected chi connectivity index (χ2v) is 4.08. The lowest BCUT2D eigenvalue weighted by molar-refractivity contribution is 0.0696. The summed E-state index contributed by atoms with van der Waals surface area (Å²) in [4.78, 5) is 26.3. The molecule has 0 unspecified atom stereocenters. The Morgan fingerprint density at radius 2 is 1.76 bits per heavy atom. The Labute approximate surface area is 120 Å². The minimum atomic E-state index is -1.11. The fourth-order valence-electron chi connectivity index (χ4n) is 1.59. The van der Waals surface area contributed by atoms with Crippen molar-refractivity contribution in [3.05, 3.63) is 48.3 Å². The van der Waals surface area contributed by atoms with E-state index in [9.17, 15) is 9.59 Å². The van der Waals surface area contributed by atoms with Crippen molar-refractivity contribution in [2.45, 2.75) is 0 Å². The molecule has 0 radical (unpaired) electrons. The molecule has 0 atom stereocenters. The van der Waals surface area contributed by atoms with E-state index in [1.54, 1.807) is 31.4 Å². The molecule has 0 saturated heterocycles. The van der Waals surface area contributed by atoms with Crippen LogP contribution in [-0.4, -0.2) is 29.2 Å². The first-order valence-corrected chi connectivity index (χ1v) is 5.99. The number of carbonyl (C=O) groups is 2. The molecule has 1 heterocycles. The van der Waals surface area contributed by atoms with Crippen molar-refractivity contribution in [2.75, 3.05) is 17.7 Å². The Morgan fingerprint density at radius 1 is 1.10 bits per heavy atom. The molecule has 0 saturated carbocycles. The molecule has 2 amide bonds. The Hall–Kier alpha value is -3.09. The van der Waals surface area contributed by atoms with Crippen LogP contribution in [0.1, 0.15) is 10.4 Å². The summed E-state index contributed by atoms with van der Waals surface area (Å²) in [6.45, 7) is 0. The number of nitrogens with zero attached hydrogens (tertiary/aromatic N) is 1. The number of carbonyl (C=O) groups excluding carboxylic acids is 1. The number of nitrogens with one attached hydrogen (secondary N) is 2. The normalized spacial score (nSPS) is 9.76. The minimum Gasteiger partial charge on any atom is -0.497 e. The van der Waals surface area contributed by atoms with Crippen LogP contribution >= 0.6 is 0 Å². The Balaban J connectivity index is 2.00. The number of carboxylic acids is 1. The van der Waals surface area contributed by atoms with Gasteiger partial charge in [0.25, 0.3) is 0 Å². The molecule has 0 bridgehead atoms. The van der Waals surface area contributed by atoms with Crippen LogP contribution in [0.25, 0.3) is 0 Å².